The number of benzene rings is 1. The number of aromatic hydroxyl groups is 1. The van der Waals surface area contributed by atoms with Gasteiger partial charge in [0.15, 0.2) is 5.78 Å². The Kier molecular flexibility index (Phi) is 2.69. The normalized spacial score (nSPS) is 19.8. The highest BCUT2D eigenvalue weighted by molar-refractivity contribution is 5.95. The predicted octanol–water partition coefficient (Wildman–Crippen LogP) is 2.37. The molecule has 16 heavy (non-hydrogen) atoms. The highest BCUT2D eigenvalue weighted by Crippen LogP contribution is 2.37. The summed E-state index contributed by atoms with van der Waals surface area (Å²) in [5.74, 6) is 0.743. The van der Waals surface area contributed by atoms with Crippen molar-refractivity contribution < 1.29 is 14.6 Å². The molecule has 1 aromatic rings. The van der Waals surface area contributed by atoms with Crippen molar-refractivity contribution in [3.63, 3.8) is 0 Å². The Hall–Kier alpha value is -1.77. The Labute approximate surface area is 94.4 Å². The summed E-state index contributed by atoms with van der Waals surface area (Å²) in [6.07, 6.45) is 0. The van der Waals surface area contributed by atoms with Crippen LogP contribution in [0.1, 0.15) is 25.3 Å². The van der Waals surface area contributed by atoms with E-state index in [9.17, 15) is 9.90 Å². The molecule has 3 nitrogen and oxygen atoms in total. The van der Waals surface area contributed by atoms with E-state index in [1.807, 2.05) is 12.1 Å². The molecule has 84 valence electrons. The molecule has 0 aromatic heterocycles. The van der Waals surface area contributed by atoms with Crippen molar-refractivity contribution in [1.29, 1.82) is 0 Å². The molecule has 0 saturated carbocycles. The van der Waals surface area contributed by atoms with Crippen molar-refractivity contribution in [3.8, 4) is 5.75 Å². The lowest BCUT2D eigenvalue weighted by Gasteiger charge is -2.12. The number of hydrogen-bond donors (Lipinski definition) is 1. The van der Waals surface area contributed by atoms with Gasteiger partial charge in [-0.05, 0) is 19.9 Å². The van der Waals surface area contributed by atoms with E-state index in [1.54, 1.807) is 19.1 Å². The quantitative estimate of drug-likeness (QED) is 0.828. The number of carbonyl (C=O) groups excluding carboxylic acids is 1. The van der Waals surface area contributed by atoms with Crippen molar-refractivity contribution in [3.05, 3.63) is 41.2 Å². The van der Waals surface area contributed by atoms with Gasteiger partial charge in [-0.2, -0.15) is 0 Å². The molecule has 1 aliphatic rings. The molecule has 0 spiro atoms. The van der Waals surface area contributed by atoms with Crippen LogP contribution in [0.25, 0.3) is 0 Å². The van der Waals surface area contributed by atoms with E-state index in [2.05, 4.69) is 0 Å². The van der Waals surface area contributed by atoms with E-state index >= 15 is 0 Å². The minimum atomic E-state index is -0.140. The summed E-state index contributed by atoms with van der Waals surface area (Å²) in [4.78, 5) is 11.5. The van der Waals surface area contributed by atoms with E-state index in [1.165, 1.54) is 6.92 Å². The molecule has 0 radical (unpaired) electrons. The third kappa shape index (κ3) is 1.69. The minimum Gasteiger partial charge on any atom is -0.508 e. The average Bonchev–Trinajstić information content (AvgIpc) is 2.61. The molecule has 1 N–H and O–H groups in total. The lowest BCUT2D eigenvalue weighted by Crippen LogP contribution is -2.08. The van der Waals surface area contributed by atoms with Crippen molar-refractivity contribution in [2.45, 2.75) is 19.8 Å². The smallest absolute Gasteiger partial charge is 0.159 e. The molecular weight excluding hydrogens is 204 g/mol. The Bertz CT molecular complexity index is 460. The second-order valence-electron chi connectivity index (χ2n) is 3.95. The highest BCUT2D eigenvalue weighted by atomic mass is 16.5. The standard InChI is InChI=1S/C13H14O3/c1-8(14)13-9(2)16-7-11(13)10-5-3-4-6-12(10)15/h3-6,11,15H,7H2,1-2H3/t11-/m1/s1. The van der Waals surface area contributed by atoms with Crippen LogP contribution < -0.4 is 0 Å². The van der Waals surface area contributed by atoms with Crippen LogP contribution in [0.3, 0.4) is 0 Å². The molecule has 0 unspecified atom stereocenters. The van der Waals surface area contributed by atoms with Gasteiger partial charge in [0, 0.05) is 11.1 Å². The van der Waals surface area contributed by atoms with Gasteiger partial charge in [-0.1, -0.05) is 18.2 Å². The van der Waals surface area contributed by atoms with Crippen molar-refractivity contribution in [2.75, 3.05) is 6.61 Å². The first-order valence-corrected chi connectivity index (χ1v) is 5.23. The van der Waals surface area contributed by atoms with Gasteiger partial charge in [0.1, 0.15) is 11.5 Å². The minimum absolute atomic E-state index is 0.00301. The van der Waals surface area contributed by atoms with Gasteiger partial charge in [-0.3, -0.25) is 4.79 Å². The van der Waals surface area contributed by atoms with Gasteiger partial charge in [0.2, 0.25) is 0 Å². The maximum absolute atomic E-state index is 11.5. The maximum atomic E-state index is 11.5. The molecule has 1 aromatic carbocycles. The number of phenolic OH excluding ortho intramolecular Hbond substituents is 1. The summed E-state index contributed by atoms with van der Waals surface area (Å²) < 4.78 is 5.40. The molecule has 1 heterocycles. The zero-order chi connectivity index (χ0) is 11.7. The number of hydrogen-bond acceptors (Lipinski definition) is 3. The van der Waals surface area contributed by atoms with E-state index in [0.717, 1.165) is 5.56 Å². The summed E-state index contributed by atoms with van der Waals surface area (Å²) in [6, 6.07) is 7.06. The largest absolute Gasteiger partial charge is 0.508 e. The zero-order valence-electron chi connectivity index (χ0n) is 9.36. The molecule has 3 heteroatoms. The highest BCUT2D eigenvalue weighted by Gasteiger charge is 2.30. The number of para-hydroxylation sites is 1. The van der Waals surface area contributed by atoms with Crippen LogP contribution in [-0.4, -0.2) is 17.5 Å². The Balaban J connectivity index is 2.44. The number of Topliss-reactive ketones (excluding diaryl/α,β-unsaturated/α-hetero) is 1. The van der Waals surface area contributed by atoms with Crippen LogP contribution in [0.5, 0.6) is 5.75 Å². The van der Waals surface area contributed by atoms with Gasteiger partial charge in [0.25, 0.3) is 0 Å². The van der Waals surface area contributed by atoms with E-state index < -0.39 is 0 Å². The molecular formula is C13H14O3. The third-order valence-corrected chi connectivity index (χ3v) is 2.89. The molecule has 0 aliphatic carbocycles. The number of ether oxygens (including phenoxy) is 1. The second kappa shape index (κ2) is 4.00. The monoisotopic (exact) mass is 218 g/mol. The second-order valence-corrected chi connectivity index (χ2v) is 3.95. The Morgan fingerprint density at radius 3 is 2.75 bits per heavy atom. The SMILES string of the molecule is CC(=O)C1=C(C)OC[C@@H]1c1ccccc1O. The topological polar surface area (TPSA) is 46.5 Å². The van der Waals surface area contributed by atoms with Crippen molar-refractivity contribution in [2.24, 2.45) is 0 Å². The van der Waals surface area contributed by atoms with E-state index in [-0.39, 0.29) is 17.5 Å². The summed E-state index contributed by atoms with van der Waals surface area (Å²) in [7, 11) is 0. The van der Waals surface area contributed by atoms with Crippen LogP contribution >= 0.6 is 0 Å². The van der Waals surface area contributed by atoms with E-state index in [0.29, 0.717) is 17.9 Å². The third-order valence-electron chi connectivity index (χ3n) is 2.89. The fourth-order valence-corrected chi connectivity index (χ4v) is 2.14. The predicted molar refractivity (Wildman–Crippen MR) is 60.2 cm³/mol. The van der Waals surface area contributed by atoms with Gasteiger partial charge in [0.05, 0.1) is 12.5 Å². The average molecular weight is 218 g/mol. The molecule has 1 atom stereocenters. The lowest BCUT2D eigenvalue weighted by molar-refractivity contribution is -0.113. The fourth-order valence-electron chi connectivity index (χ4n) is 2.14. The molecule has 0 bridgehead atoms. The molecule has 1 aliphatic heterocycles. The summed E-state index contributed by atoms with van der Waals surface area (Å²) in [5.41, 5.74) is 1.42. The van der Waals surface area contributed by atoms with Crippen molar-refractivity contribution >= 4 is 5.78 Å². The fraction of sp³-hybridized carbons (Fsp3) is 0.308. The molecule has 0 fully saturated rings. The number of rotatable bonds is 2. The van der Waals surface area contributed by atoms with Crippen molar-refractivity contribution in [1.82, 2.24) is 0 Å². The van der Waals surface area contributed by atoms with Gasteiger partial charge < -0.3 is 9.84 Å². The lowest BCUT2D eigenvalue weighted by atomic mass is 9.90. The number of allylic oxidation sites excluding steroid dienone is 1. The molecule has 0 saturated heterocycles. The first kappa shape index (κ1) is 10.7. The summed E-state index contributed by atoms with van der Waals surface area (Å²) >= 11 is 0. The van der Waals surface area contributed by atoms with Gasteiger partial charge in [-0.15, -0.1) is 0 Å². The first-order valence-electron chi connectivity index (χ1n) is 5.23. The first-order chi connectivity index (χ1) is 7.61. The number of ketones is 1. The van der Waals surface area contributed by atoms with Gasteiger partial charge in [-0.25, -0.2) is 0 Å². The Morgan fingerprint density at radius 2 is 2.12 bits per heavy atom. The number of phenols is 1. The van der Waals surface area contributed by atoms with Gasteiger partial charge >= 0.3 is 0 Å². The Morgan fingerprint density at radius 1 is 1.44 bits per heavy atom. The summed E-state index contributed by atoms with van der Waals surface area (Å²) in [5, 5.41) is 9.77. The number of carbonyl (C=O) groups is 1. The zero-order valence-corrected chi connectivity index (χ0v) is 9.36. The van der Waals surface area contributed by atoms with E-state index in [4.69, 9.17) is 4.74 Å². The summed E-state index contributed by atoms with van der Waals surface area (Å²) in [6.45, 7) is 3.75. The molecule has 2 rings (SSSR count). The van der Waals surface area contributed by atoms with Crippen LogP contribution in [0, 0.1) is 0 Å². The maximum Gasteiger partial charge on any atom is 0.159 e. The van der Waals surface area contributed by atoms with Crippen LogP contribution in [0.15, 0.2) is 35.6 Å². The molecule has 0 amide bonds. The van der Waals surface area contributed by atoms with Crippen LogP contribution in [0.2, 0.25) is 0 Å². The van der Waals surface area contributed by atoms with Crippen LogP contribution in [-0.2, 0) is 9.53 Å². The van der Waals surface area contributed by atoms with Crippen LogP contribution in [0.4, 0.5) is 0 Å².